The number of thioether (sulfide) groups is 1. The van der Waals surface area contributed by atoms with Crippen LogP contribution in [0.3, 0.4) is 0 Å². The van der Waals surface area contributed by atoms with Crippen LogP contribution >= 0.6 is 33.3 Å². The molecule has 1 aliphatic carbocycles. The second-order valence-electron chi connectivity index (χ2n) is 11.0. The Morgan fingerprint density at radius 1 is 0.932 bits per heavy atom. The lowest BCUT2D eigenvalue weighted by Gasteiger charge is -2.24. The zero-order chi connectivity index (χ0) is 32.1. The first-order valence-corrected chi connectivity index (χ1v) is 18.0. The largest absolute Gasteiger partial charge is 0.460 e. The summed E-state index contributed by atoms with van der Waals surface area (Å²) < 4.78 is 10.5. The van der Waals surface area contributed by atoms with Crippen molar-refractivity contribution >= 4 is 57.2 Å². The molecule has 2 aromatic rings. The highest BCUT2D eigenvalue weighted by atomic mass is 33.1. The number of amides is 3. The summed E-state index contributed by atoms with van der Waals surface area (Å²) in [5.74, 6) is -0.917. The van der Waals surface area contributed by atoms with Gasteiger partial charge in [0.15, 0.2) is 0 Å². The molecule has 0 saturated heterocycles. The molecule has 0 heterocycles. The molecule has 0 aromatic heterocycles. The molecule has 0 saturated carbocycles. The second kappa shape index (κ2) is 17.4. The molecular weight excluding hydrogens is 619 g/mol. The van der Waals surface area contributed by atoms with Gasteiger partial charge < -0.3 is 25.4 Å². The number of nitrogens with one attached hydrogen (secondary N) is 3. The van der Waals surface area contributed by atoms with Crippen molar-refractivity contribution in [2.24, 2.45) is 0 Å². The normalized spacial score (nSPS) is 13.5. The first kappa shape index (κ1) is 35.4. The molecule has 2 atom stereocenters. The number of fused-ring (bicyclic) bond motifs is 3. The molecule has 9 nitrogen and oxygen atoms in total. The van der Waals surface area contributed by atoms with E-state index in [0.717, 1.165) is 22.3 Å². The van der Waals surface area contributed by atoms with Gasteiger partial charge in [0.2, 0.25) is 11.8 Å². The van der Waals surface area contributed by atoms with Crippen LogP contribution in [0, 0.1) is 0 Å². The third-order valence-electron chi connectivity index (χ3n) is 6.51. The summed E-state index contributed by atoms with van der Waals surface area (Å²) in [5.41, 5.74) is 4.41. The zero-order valence-corrected chi connectivity index (χ0v) is 28.0. The van der Waals surface area contributed by atoms with Gasteiger partial charge in [-0.15, -0.1) is 0 Å². The van der Waals surface area contributed by atoms with Crippen LogP contribution in [0.4, 0.5) is 4.79 Å². The van der Waals surface area contributed by atoms with E-state index in [2.05, 4.69) is 55.4 Å². The number of hydrogen-bond donors (Lipinski definition) is 3. The van der Waals surface area contributed by atoms with Crippen LogP contribution in [-0.4, -0.2) is 78.2 Å². The number of alkyl carbamates (subject to hydrolysis) is 1. The lowest BCUT2D eigenvalue weighted by molar-refractivity contribution is -0.143. The molecule has 0 bridgehead atoms. The van der Waals surface area contributed by atoms with Gasteiger partial charge in [0, 0.05) is 16.4 Å². The van der Waals surface area contributed by atoms with Gasteiger partial charge in [-0.05, 0) is 40.7 Å². The van der Waals surface area contributed by atoms with Gasteiger partial charge in [-0.25, -0.2) is 4.79 Å². The zero-order valence-electron chi connectivity index (χ0n) is 25.6. The Morgan fingerprint density at radius 3 is 2.16 bits per heavy atom. The predicted molar refractivity (Wildman–Crippen MR) is 181 cm³/mol. The fourth-order valence-corrected chi connectivity index (χ4v) is 7.44. The Hall–Kier alpha value is -3.09. The molecule has 3 N–H and O–H groups in total. The topological polar surface area (TPSA) is 123 Å². The smallest absolute Gasteiger partial charge is 0.407 e. The summed E-state index contributed by atoms with van der Waals surface area (Å²) >= 11 is 1.52. The molecule has 3 amide bonds. The fourth-order valence-electron chi connectivity index (χ4n) is 4.51. The molecule has 0 spiro atoms. The maximum atomic E-state index is 13.5. The van der Waals surface area contributed by atoms with Gasteiger partial charge in [-0.1, -0.05) is 104 Å². The van der Waals surface area contributed by atoms with Crippen molar-refractivity contribution < 1.29 is 28.7 Å². The maximum absolute atomic E-state index is 13.5. The van der Waals surface area contributed by atoms with Crippen molar-refractivity contribution in [3.05, 3.63) is 72.3 Å². The van der Waals surface area contributed by atoms with Crippen molar-refractivity contribution in [1.29, 1.82) is 0 Å². The summed E-state index contributed by atoms with van der Waals surface area (Å²) in [5, 5.41) is 8.01. The quantitative estimate of drug-likeness (QED) is 0.128. The van der Waals surface area contributed by atoms with E-state index in [0.29, 0.717) is 12.2 Å². The van der Waals surface area contributed by atoms with Crippen molar-refractivity contribution in [2.75, 3.05) is 37.5 Å². The second-order valence-corrected chi connectivity index (χ2v) is 15.2. The fraction of sp³-hybridized carbons (Fsp3) is 0.438. The van der Waals surface area contributed by atoms with Crippen LogP contribution in [0.5, 0.6) is 0 Å². The van der Waals surface area contributed by atoms with E-state index in [4.69, 9.17) is 9.47 Å². The molecule has 0 radical (unpaired) electrons. The van der Waals surface area contributed by atoms with Crippen LogP contribution in [0.15, 0.2) is 61.2 Å². The Labute approximate surface area is 271 Å². The van der Waals surface area contributed by atoms with Crippen LogP contribution in [-0.2, 0) is 23.9 Å². The average Bonchev–Trinajstić information content (AvgIpc) is 3.32. The van der Waals surface area contributed by atoms with Crippen LogP contribution in [0.2, 0.25) is 0 Å². The van der Waals surface area contributed by atoms with E-state index in [9.17, 15) is 19.2 Å². The summed E-state index contributed by atoms with van der Waals surface area (Å²) in [4.78, 5) is 51.3. The number of hydrogen-bond acceptors (Lipinski definition) is 9. The molecule has 0 unspecified atom stereocenters. The monoisotopic (exact) mass is 659 g/mol. The summed E-state index contributed by atoms with van der Waals surface area (Å²) in [7, 11) is 3.04. The summed E-state index contributed by atoms with van der Waals surface area (Å²) in [6.07, 6.45) is 2.94. The van der Waals surface area contributed by atoms with Gasteiger partial charge in [0.1, 0.15) is 31.8 Å². The molecular formula is C32H41N3O6S3. The number of ether oxygens (including phenoxy) is 2. The Morgan fingerprint density at radius 2 is 1.57 bits per heavy atom. The predicted octanol–water partition coefficient (Wildman–Crippen LogP) is 5.16. The van der Waals surface area contributed by atoms with E-state index in [-0.39, 0.29) is 36.2 Å². The summed E-state index contributed by atoms with van der Waals surface area (Å²) in [6.45, 7) is 9.47. The van der Waals surface area contributed by atoms with Crippen LogP contribution < -0.4 is 16.0 Å². The third-order valence-corrected chi connectivity index (χ3v) is 10.5. The van der Waals surface area contributed by atoms with Crippen molar-refractivity contribution in [3.8, 4) is 11.1 Å². The molecule has 1 aliphatic rings. The first-order valence-electron chi connectivity index (χ1n) is 14.3. The van der Waals surface area contributed by atoms with Gasteiger partial charge in [0.25, 0.3) is 0 Å². The Bertz CT molecular complexity index is 1270. The lowest BCUT2D eigenvalue weighted by atomic mass is 9.98. The Kier molecular flexibility index (Phi) is 14.0. The Balaban J connectivity index is 1.67. The highest BCUT2D eigenvalue weighted by Gasteiger charge is 2.31. The number of carbonyl (C=O) groups excluding carboxylic acids is 4. The van der Waals surface area contributed by atoms with Gasteiger partial charge in [-0.2, -0.15) is 11.8 Å². The molecule has 2 aromatic carbocycles. The minimum absolute atomic E-state index is 0.0365. The minimum Gasteiger partial charge on any atom is -0.460 e. The standard InChI is InChI=1S/C32H41N3O6S3/c1-6-16-40-28(36)18-33-29(37)26(15-17-42-5)34-30(38)27(20-43-44-32(2,3)4)35-31(39)41-19-25-23-13-9-7-11-21(23)22-12-8-10-14-24(22)25/h6-14,25-27H,1,15-20H2,2-5H3,(H,33,37)(H,34,38)(H,35,39)/t26-,27-/m0/s1. The molecule has 0 fully saturated rings. The molecule has 44 heavy (non-hydrogen) atoms. The maximum Gasteiger partial charge on any atom is 0.407 e. The molecule has 238 valence electrons. The van der Waals surface area contributed by atoms with Crippen molar-refractivity contribution in [1.82, 2.24) is 16.0 Å². The number of rotatable bonds is 16. The van der Waals surface area contributed by atoms with Gasteiger partial charge in [-0.3, -0.25) is 14.4 Å². The lowest BCUT2D eigenvalue weighted by Crippen LogP contribution is -2.55. The molecule has 3 rings (SSSR count). The van der Waals surface area contributed by atoms with Crippen molar-refractivity contribution in [2.45, 2.75) is 49.9 Å². The molecule has 12 heteroatoms. The van der Waals surface area contributed by atoms with Gasteiger partial charge in [0.05, 0.1) is 0 Å². The summed E-state index contributed by atoms with van der Waals surface area (Å²) in [6, 6.07) is 14.2. The first-order chi connectivity index (χ1) is 21.0. The van der Waals surface area contributed by atoms with Crippen molar-refractivity contribution in [3.63, 3.8) is 0 Å². The number of carbonyl (C=O) groups is 4. The highest BCUT2D eigenvalue weighted by molar-refractivity contribution is 8.77. The minimum atomic E-state index is -0.965. The van der Waals surface area contributed by atoms with E-state index in [1.165, 1.54) is 28.6 Å². The van der Waals surface area contributed by atoms with E-state index in [1.807, 2.05) is 42.7 Å². The third kappa shape index (κ3) is 10.8. The number of esters is 1. The van der Waals surface area contributed by atoms with Gasteiger partial charge >= 0.3 is 12.1 Å². The highest BCUT2D eigenvalue weighted by Crippen LogP contribution is 2.44. The van der Waals surface area contributed by atoms with E-state index in [1.54, 1.807) is 10.8 Å². The van der Waals surface area contributed by atoms with Crippen LogP contribution in [0.25, 0.3) is 11.1 Å². The van der Waals surface area contributed by atoms with Crippen LogP contribution in [0.1, 0.15) is 44.2 Å². The number of benzene rings is 2. The molecule has 0 aliphatic heterocycles. The van der Waals surface area contributed by atoms with E-state index < -0.39 is 36.0 Å². The van der Waals surface area contributed by atoms with E-state index >= 15 is 0 Å². The SMILES string of the molecule is C=CCOC(=O)CNC(=O)[C@H](CCSC)NC(=O)[C@H](CSSC(C)(C)C)NC(=O)OCC1c2ccccc2-c2ccccc21. The average molecular weight is 660 g/mol.